The zero-order chi connectivity index (χ0) is 66.7. The molecule has 0 saturated carbocycles. The maximum Gasteiger partial charge on any atom is 0.227 e. The predicted molar refractivity (Wildman–Crippen MR) is 419 cm³/mol. The SMILES string of the molecule is Brc1ccc(-c2ccc3sc4ccccc4c3c2)cc1.c1ccc2oc(-c3ccc4[nH]c5ccc(-c6nc7ccccc7o6)cc5c4c3)nc2c1.c1ccc2oc(-c3ccc4c(c3)c3cc(-c5nc6ccccc6o5)ccc3n4-c3ccc(-c4ccc5sc6ccccc6c5c4)cc3)nc2c1. The average Bonchev–Trinajstić information content (AvgIpc) is 1.59. The Morgan fingerprint density at radius 2 is 0.584 bits per heavy atom. The fraction of sp³-hybridized carbons (Fsp3) is 0. The molecule has 0 fully saturated rings. The number of nitrogens with zero attached hydrogens (tertiary/aromatic N) is 5. The number of fused-ring (bicyclic) bond motifs is 16. The molecule has 22 aromatic rings. The van der Waals surface area contributed by atoms with Crippen molar-refractivity contribution in [3.8, 4) is 73.8 Å². The molecule has 14 aromatic carbocycles. The second-order valence-corrected chi connectivity index (χ2v) is 28.1. The summed E-state index contributed by atoms with van der Waals surface area (Å²) in [4.78, 5) is 22.4. The molecule has 0 aliphatic carbocycles. The highest BCUT2D eigenvalue weighted by Crippen LogP contribution is 2.42. The summed E-state index contributed by atoms with van der Waals surface area (Å²) in [5.41, 5.74) is 20.6. The maximum atomic E-state index is 6.19. The molecule has 8 aromatic heterocycles. The number of para-hydroxylation sites is 8. The first-order chi connectivity index (χ1) is 49.9. The lowest BCUT2D eigenvalue weighted by Gasteiger charge is -2.10. The third-order valence-electron chi connectivity index (χ3n) is 18.9. The zero-order valence-electron chi connectivity index (χ0n) is 53.4. The number of aromatic amines is 1. The minimum absolute atomic E-state index is 0.601. The molecule has 0 radical (unpaired) electrons. The van der Waals surface area contributed by atoms with E-state index in [9.17, 15) is 0 Å². The molecule has 0 unspecified atom stereocenters. The molecular weight excluding hydrogens is 1350 g/mol. The zero-order valence-corrected chi connectivity index (χ0v) is 56.7. The van der Waals surface area contributed by atoms with Crippen LogP contribution in [0.15, 0.2) is 325 Å². The predicted octanol–water partition coefficient (Wildman–Crippen LogP) is 25.9. The van der Waals surface area contributed by atoms with Crippen LogP contribution >= 0.6 is 38.6 Å². The van der Waals surface area contributed by atoms with Gasteiger partial charge in [0.2, 0.25) is 23.6 Å². The number of aromatic nitrogens is 6. The highest BCUT2D eigenvalue weighted by molar-refractivity contribution is 9.10. The number of nitrogens with one attached hydrogen (secondary N) is 1. The van der Waals surface area contributed by atoms with Crippen LogP contribution in [0.25, 0.3) is 202 Å². The van der Waals surface area contributed by atoms with Crippen LogP contribution in [-0.4, -0.2) is 29.5 Å². The van der Waals surface area contributed by atoms with E-state index < -0.39 is 0 Å². The van der Waals surface area contributed by atoms with E-state index in [0.29, 0.717) is 23.6 Å². The Kier molecular flexibility index (Phi) is 13.9. The molecular formula is C88H51BrN6O4S2. The minimum atomic E-state index is 0.601. The van der Waals surface area contributed by atoms with Gasteiger partial charge in [0, 0.05) is 105 Å². The fourth-order valence-corrected chi connectivity index (χ4v) is 16.4. The monoisotopic (exact) mass is 1400 g/mol. The van der Waals surface area contributed by atoms with Crippen LogP contribution < -0.4 is 0 Å². The molecule has 0 saturated heterocycles. The molecule has 13 heteroatoms. The Bertz CT molecular complexity index is 6620. The molecule has 0 aliphatic rings. The summed E-state index contributed by atoms with van der Waals surface area (Å²) < 4.78 is 33.1. The number of H-pyrrole nitrogens is 1. The summed E-state index contributed by atoms with van der Waals surface area (Å²) in [5.74, 6) is 2.44. The number of hydrogen-bond acceptors (Lipinski definition) is 10. The first-order valence-electron chi connectivity index (χ1n) is 33.1. The van der Waals surface area contributed by atoms with Crippen molar-refractivity contribution in [1.29, 1.82) is 0 Å². The van der Waals surface area contributed by atoms with Gasteiger partial charge in [0.15, 0.2) is 22.3 Å². The molecule has 0 atom stereocenters. The van der Waals surface area contributed by atoms with Gasteiger partial charge < -0.3 is 27.2 Å². The van der Waals surface area contributed by atoms with E-state index in [1.165, 1.54) is 62.6 Å². The summed E-state index contributed by atoms with van der Waals surface area (Å²) in [6.07, 6.45) is 0. The number of thiophene rings is 2. The Hall–Kier alpha value is -12.5. The van der Waals surface area contributed by atoms with E-state index in [1.807, 2.05) is 132 Å². The van der Waals surface area contributed by atoms with Crippen molar-refractivity contribution in [2.75, 3.05) is 0 Å². The highest BCUT2D eigenvalue weighted by atomic mass is 79.9. The smallest absolute Gasteiger partial charge is 0.227 e. The van der Waals surface area contributed by atoms with Gasteiger partial charge in [-0.1, -0.05) is 137 Å². The van der Waals surface area contributed by atoms with Crippen molar-refractivity contribution < 1.29 is 17.7 Å². The first kappa shape index (κ1) is 58.6. The summed E-state index contributed by atoms with van der Waals surface area (Å²) in [5, 5.41) is 9.72. The third-order valence-corrected chi connectivity index (χ3v) is 21.7. The minimum Gasteiger partial charge on any atom is -0.436 e. The molecule has 8 heterocycles. The van der Waals surface area contributed by atoms with Gasteiger partial charge in [-0.25, -0.2) is 19.9 Å². The van der Waals surface area contributed by atoms with Crippen molar-refractivity contribution >= 4 is 167 Å². The summed E-state index contributed by atoms with van der Waals surface area (Å²) in [7, 11) is 0. The van der Waals surface area contributed by atoms with E-state index in [0.717, 1.165) is 120 Å². The van der Waals surface area contributed by atoms with Crippen molar-refractivity contribution in [1.82, 2.24) is 29.5 Å². The van der Waals surface area contributed by atoms with Crippen molar-refractivity contribution in [2.24, 2.45) is 0 Å². The number of benzene rings is 14. The molecule has 476 valence electrons. The van der Waals surface area contributed by atoms with Gasteiger partial charge in [0.1, 0.15) is 22.1 Å². The van der Waals surface area contributed by atoms with E-state index in [1.54, 1.807) is 0 Å². The van der Waals surface area contributed by atoms with Crippen molar-refractivity contribution in [3.63, 3.8) is 0 Å². The molecule has 10 nitrogen and oxygen atoms in total. The van der Waals surface area contributed by atoms with Gasteiger partial charge >= 0.3 is 0 Å². The quantitative estimate of drug-likeness (QED) is 0.167. The van der Waals surface area contributed by atoms with Gasteiger partial charge in [0.25, 0.3) is 0 Å². The molecule has 0 amide bonds. The maximum absolute atomic E-state index is 6.19. The largest absolute Gasteiger partial charge is 0.436 e. The molecule has 1 N–H and O–H groups in total. The lowest BCUT2D eigenvalue weighted by molar-refractivity contribution is 0.619. The van der Waals surface area contributed by atoms with Gasteiger partial charge in [-0.3, -0.25) is 0 Å². The van der Waals surface area contributed by atoms with E-state index in [-0.39, 0.29) is 0 Å². The second-order valence-electron chi connectivity index (χ2n) is 25.1. The third kappa shape index (κ3) is 10.4. The van der Waals surface area contributed by atoms with Crippen molar-refractivity contribution in [2.45, 2.75) is 0 Å². The van der Waals surface area contributed by atoms with Crippen LogP contribution in [-0.2, 0) is 0 Å². The Labute approximate surface area is 591 Å². The number of hydrogen-bond donors (Lipinski definition) is 1. The number of rotatable bonds is 7. The van der Waals surface area contributed by atoms with E-state index in [2.05, 4.69) is 230 Å². The molecule has 0 aliphatic heterocycles. The standard InChI is InChI=1S/C44H25N3O2S.C26H15N3O2.C18H11BrS/c1-6-12-41-31(7-1)34-23-27(17-22-42(34)50-41)26-13-18-30(19-14-26)47-37-20-15-28(43-45-35-8-2-4-10-39(35)48-43)24-32(37)33-25-29(16-21-38(33)47)44-46-36-9-3-5-11-40(36)49-44;1-3-7-23-21(5-1)28-25(30-23)15-9-11-19-17(13-15)18-14-16(10-12-20(18)27-19)26-29-22-6-2-4-8-24(22)31-26;19-14-8-5-12(6-9-14)13-7-10-18-16(11-13)15-3-1-2-4-17(15)20-18/h1-25H;1-14,27H;1-11H. The first-order valence-corrected chi connectivity index (χ1v) is 35.6. The van der Waals surface area contributed by atoms with Gasteiger partial charge in [-0.15, -0.1) is 22.7 Å². The normalized spacial score (nSPS) is 11.8. The van der Waals surface area contributed by atoms with Gasteiger partial charge in [-0.05, 0) is 204 Å². The summed E-state index contributed by atoms with van der Waals surface area (Å²) >= 11 is 7.19. The van der Waals surface area contributed by atoms with Crippen LogP contribution in [0.2, 0.25) is 0 Å². The van der Waals surface area contributed by atoms with Crippen LogP contribution in [0.1, 0.15) is 0 Å². The molecule has 0 bridgehead atoms. The fourth-order valence-electron chi connectivity index (χ4n) is 14.0. The molecule has 0 spiro atoms. The molecule has 101 heavy (non-hydrogen) atoms. The highest BCUT2D eigenvalue weighted by Gasteiger charge is 2.20. The number of halogens is 1. The lowest BCUT2D eigenvalue weighted by Crippen LogP contribution is -1.94. The van der Waals surface area contributed by atoms with Crippen LogP contribution in [0, 0.1) is 0 Å². The second kappa shape index (κ2) is 23.9. The van der Waals surface area contributed by atoms with E-state index >= 15 is 0 Å². The van der Waals surface area contributed by atoms with Crippen LogP contribution in [0.3, 0.4) is 0 Å². The molecule has 22 rings (SSSR count). The lowest BCUT2D eigenvalue weighted by atomic mass is 10.0. The Morgan fingerprint density at radius 3 is 0.990 bits per heavy atom. The summed E-state index contributed by atoms with van der Waals surface area (Å²) in [6, 6.07) is 105. The van der Waals surface area contributed by atoms with E-state index in [4.69, 9.17) is 27.6 Å². The van der Waals surface area contributed by atoms with Crippen LogP contribution in [0.4, 0.5) is 0 Å². The number of oxazole rings is 4. The average molecular weight is 1400 g/mol. The Balaban J connectivity index is 0.000000114. The van der Waals surface area contributed by atoms with Gasteiger partial charge in [-0.2, -0.15) is 0 Å². The van der Waals surface area contributed by atoms with Crippen molar-refractivity contribution in [3.05, 3.63) is 308 Å². The summed E-state index contributed by atoms with van der Waals surface area (Å²) in [6.45, 7) is 0. The Morgan fingerprint density at radius 1 is 0.267 bits per heavy atom. The topological polar surface area (TPSA) is 125 Å². The van der Waals surface area contributed by atoms with Crippen LogP contribution in [0.5, 0.6) is 0 Å². The van der Waals surface area contributed by atoms with Gasteiger partial charge in [0.05, 0.1) is 11.0 Å².